The van der Waals surface area contributed by atoms with Gasteiger partial charge in [0.1, 0.15) is 0 Å². The Labute approximate surface area is 143 Å². The van der Waals surface area contributed by atoms with E-state index in [0.29, 0.717) is 15.9 Å². The van der Waals surface area contributed by atoms with Gasteiger partial charge in [0.05, 0.1) is 0 Å². The van der Waals surface area contributed by atoms with Crippen molar-refractivity contribution >= 4 is 23.3 Å². The van der Waals surface area contributed by atoms with Crippen LogP contribution in [0.3, 0.4) is 0 Å². The van der Waals surface area contributed by atoms with Gasteiger partial charge in [-0.05, 0) is 73.5 Å². The minimum atomic E-state index is -0.0959. The van der Waals surface area contributed by atoms with Gasteiger partial charge in [0.25, 0.3) is 0 Å². The number of carbonyl (C=O) groups excluding carboxylic acids is 1. The van der Waals surface area contributed by atoms with E-state index in [0.717, 1.165) is 30.9 Å². The molecule has 2 amide bonds. The van der Waals surface area contributed by atoms with Gasteiger partial charge in [0.15, 0.2) is 0 Å². The molecule has 0 aliphatic heterocycles. The van der Waals surface area contributed by atoms with Gasteiger partial charge < -0.3 is 10.6 Å². The molecular formula is C19H25ClN2O. The number of benzene rings is 1. The highest BCUT2D eigenvalue weighted by Crippen LogP contribution is 2.66. The SMILES string of the molecule is C[C@@]12CC3CC(NC(=O)Nc4cccc(Cl)c4)(C1)C[C@@](C)(C3)C2. The number of anilines is 1. The summed E-state index contributed by atoms with van der Waals surface area (Å²) in [5.41, 5.74) is 1.53. The fourth-order valence-electron chi connectivity index (χ4n) is 6.56. The first-order valence-electron chi connectivity index (χ1n) is 8.62. The van der Waals surface area contributed by atoms with E-state index in [1.807, 2.05) is 18.2 Å². The standard InChI is InChI=1S/C19H25ClN2O/c1-17-7-13-8-18(2,10-17)12-19(9-13,11-17)22-16(23)21-15-5-3-4-14(20)6-15/h3-6,13H,7-12H2,1-2H3,(H2,21,22,23)/t13?,17-,18-,19?/m0/s1. The van der Waals surface area contributed by atoms with Gasteiger partial charge in [-0.3, -0.25) is 0 Å². The molecule has 1 aromatic carbocycles. The van der Waals surface area contributed by atoms with Crippen molar-refractivity contribution < 1.29 is 4.79 Å². The molecule has 124 valence electrons. The van der Waals surface area contributed by atoms with Crippen molar-refractivity contribution in [3.8, 4) is 0 Å². The van der Waals surface area contributed by atoms with Crippen molar-refractivity contribution in [2.24, 2.45) is 16.7 Å². The summed E-state index contributed by atoms with van der Waals surface area (Å²) in [6, 6.07) is 7.22. The molecule has 0 aromatic heterocycles. The number of amides is 2. The first-order chi connectivity index (χ1) is 10.8. The molecule has 4 aliphatic carbocycles. The van der Waals surface area contributed by atoms with Gasteiger partial charge >= 0.3 is 6.03 Å². The third kappa shape index (κ3) is 2.84. The largest absolute Gasteiger partial charge is 0.332 e. The van der Waals surface area contributed by atoms with Crippen molar-refractivity contribution in [2.45, 2.75) is 57.9 Å². The summed E-state index contributed by atoms with van der Waals surface area (Å²) in [7, 11) is 0. The van der Waals surface area contributed by atoms with Crippen LogP contribution in [0.25, 0.3) is 0 Å². The summed E-state index contributed by atoms with van der Waals surface area (Å²) in [6.45, 7) is 4.84. The van der Waals surface area contributed by atoms with E-state index in [1.165, 1.54) is 19.3 Å². The normalized spacial score (nSPS) is 40.9. The Balaban J connectivity index is 1.51. The first kappa shape index (κ1) is 15.3. The minimum absolute atomic E-state index is 0.0222. The number of urea groups is 1. The molecule has 0 heterocycles. The number of rotatable bonds is 2. The highest BCUT2D eigenvalue weighted by atomic mass is 35.5. The summed E-state index contributed by atoms with van der Waals surface area (Å²) in [5.74, 6) is 0.771. The molecule has 4 aliphatic rings. The molecule has 0 unspecified atom stereocenters. The van der Waals surface area contributed by atoms with Crippen molar-refractivity contribution in [3.05, 3.63) is 29.3 Å². The van der Waals surface area contributed by atoms with Crippen molar-refractivity contribution in [2.75, 3.05) is 5.32 Å². The number of hydrogen-bond acceptors (Lipinski definition) is 1. The molecule has 3 nitrogen and oxygen atoms in total. The van der Waals surface area contributed by atoms with Crippen LogP contribution in [0.1, 0.15) is 52.4 Å². The van der Waals surface area contributed by atoms with Crippen molar-refractivity contribution in [1.82, 2.24) is 5.32 Å². The molecule has 23 heavy (non-hydrogen) atoms. The van der Waals surface area contributed by atoms with Crippen LogP contribution in [0.4, 0.5) is 10.5 Å². The lowest BCUT2D eigenvalue weighted by molar-refractivity contribution is -0.113. The third-order valence-corrected chi connectivity index (χ3v) is 6.32. The topological polar surface area (TPSA) is 41.1 Å². The number of carbonyl (C=O) groups is 1. The van der Waals surface area contributed by atoms with E-state index in [2.05, 4.69) is 24.5 Å². The second kappa shape index (κ2) is 4.89. The van der Waals surface area contributed by atoms with Crippen molar-refractivity contribution in [3.63, 3.8) is 0 Å². The van der Waals surface area contributed by atoms with Crippen LogP contribution < -0.4 is 10.6 Å². The second-order valence-electron chi connectivity index (χ2n) is 9.00. The molecule has 4 heteroatoms. The predicted molar refractivity (Wildman–Crippen MR) is 93.7 cm³/mol. The fraction of sp³-hybridized carbons (Fsp3) is 0.632. The van der Waals surface area contributed by atoms with E-state index in [-0.39, 0.29) is 11.6 Å². The van der Waals surface area contributed by atoms with Crippen LogP contribution in [-0.2, 0) is 0 Å². The zero-order chi connectivity index (χ0) is 16.3. The zero-order valence-corrected chi connectivity index (χ0v) is 14.7. The van der Waals surface area contributed by atoms with Gasteiger partial charge in [-0.1, -0.05) is 31.5 Å². The van der Waals surface area contributed by atoms with Crippen LogP contribution in [0, 0.1) is 16.7 Å². The molecule has 0 radical (unpaired) electrons. The predicted octanol–water partition coefficient (Wildman–Crippen LogP) is 5.21. The smallest absolute Gasteiger partial charge is 0.319 e. The van der Waals surface area contributed by atoms with Crippen LogP contribution >= 0.6 is 11.6 Å². The Bertz CT molecular complexity index is 641. The fourth-order valence-corrected chi connectivity index (χ4v) is 6.75. The number of hydrogen-bond donors (Lipinski definition) is 2. The zero-order valence-electron chi connectivity index (χ0n) is 13.9. The Kier molecular flexibility index (Phi) is 3.26. The van der Waals surface area contributed by atoms with Gasteiger partial charge in [0.2, 0.25) is 0 Å². The summed E-state index contributed by atoms with van der Waals surface area (Å²) in [4.78, 5) is 12.6. The summed E-state index contributed by atoms with van der Waals surface area (Å²) in [5, 5.41) is 6.93. The monoisotopic (exact) mass is 332 g/mol. The van der Waals surface area contributed by atoms with E-state index >= 15 is 0 Å². The molecule has 2 N–H and O–H groups in total. The number of nitrogens with one attached hydrogen (secondary N) is 2. The highest BCUT2D eigenvalue weighted by molar-refractivity contribution is 6.30. The highest BCUT2D eigenvalue weighted by Gasteiger charge is 2.60. The minimum Gasteiger partial charge on any atom is -0.332 e. The molecule has 4 bridgehead atoms. The molecular weight excluding hydrogens is 308 g/mol. The molecule has 0 spiro atoms. The molecule has 4 fully saturated rings. The van der Waals surface area contributed by atoms with E-state index < -0.39 is 0 Å². The van der Waals surface area contributed by atoms with Crippen molar-refractivity contribution in [1.29, 1.82) is 0 Å². The lowest BCUT2D eigenvalue weighted by Crippen LogP contribution is -2.65. The quantitative estimate of drug-likeness (QED) is 0.766. The molecule has 5 rings (SSSR count). The number of halogens is 1. The van der Waals surface area contributed by atoms with Gasteiger partial charge in [-0.25, -0.2) is 4.79 Å². The molecule has 4 saturated carbocycles. The first-order valence-corrected chi connectivity index (χ1v) is 9.00. The Morgan fingerprint density at radius 1 is 1.13 bits per heavy atom. The Morgan fingerprint density at radius 3 is 2.43 bits per heavy atom. The lowest BCUT2D eigenvalue weighted by Gasteiger charge is -2.65. The van der Waals surface area contributed by atoms with Crippen LogP contribution in [0.2, 0.25) is 5.02 Å². The maximum atomic E-state index is 12.6. The van der Waals surface area contributed by atoms with Crippen LogP contribution in [0.5, 0.6) is 0 Å². The average molecular weight is 333 g/mol. The molecule has 2 atom stereocenters. The second-order valence-corrected chi connectivity index (χ2v) is 9.44. The van der Waals surface area contributed by atoms with Crippen LogP contribution in [0.15, 0.2) is 24.3 Å². The third-order valence-electron chi connectivity index (χ3n) is 6.09. The van der Waals surface area contributed by atoms with Gasteiger partial charge in [-0.15, -0.1) is 0 Å². The summed E-state index contributed by atoms with van der Waals surface area (Å²) >= 11 is 5.99. The van der Waals surface area contributed by atoms with Gasteiger partial charge in [0, 0.05) is 16.2 Å². The van der Waals surface area contributed by atoms with E-state index in [1.54, 1.807) is 6.07 Å². The Morgan fingerprint density at radius 2 is 1.83 bits per heavy atom. The van der Waals surface area contributed by atoms with Crippen LogP contribution in [-0.4, -0.2) is 11.6 Å². The van der Waals surface area contributed by atoms with Gasteiger partial charge in [-0.2, -0.15) is 0 Å². The Hall–Kier alpha value is -1.22. The van der Waals surface area contributed by atoms with E-state index in [9.17, 15) is 4.79 Å². The summed E-state index contributed by atoms with van der Waals surface area (Å²) in [6.07, 6.45) is 7.37. The molecule has 0 saturated heterocycles. The maximum Gasteiger partial charge on any atom is 0.319 e. The summed E-state index contributed by atoms with van der Waals surface area (Å²) < 4.78 is 0. The maximum absolute atomic E-state index is 12.6. The average Bonchev–Trinajstić information content (AvgIpc) is 2.32. The molecule has 1 aromatic rings. The lowest BCUT2D eigenvalue weighted by atomic mass is 9.43. The van der Waals surface area contributed by atoms with E-state index in [4.69, 9.17) is 11.6 Å².